The molecule has 0 aliphatic carbocycles. The number of amides is 1. The summed E-state index contributed by atoms with van der Waals surface area (Å²) in [6, 6.07) is 9.87. The second kappa shape index (κ2) is 10.6. The van der Waals surface area contributed by atoms with E-state index in [-0.39, 0.29) is 41.8 Å². The molecule has 2 rings (SSSR count). The molecule has 31 heavy (non-hydrogen) atoms. The first kappa shape index (κ1) is 23.9. The van der Waals surface area contributed by atoms with E-state index in [1.807, 2.05) is 0 Å². The molecule has 2 aromatic carbocycles. The van der Waals surface area contributed by atoms with Gasteiger partial charge in [0.2, 0.25) is 15.8 Å². The maximum Gasteiger partial charge on any atom is 0.311 e. The first-order valence-corrected chi connectivity index (χ1v) is 10.5. The molecule has 0 aromatic heterocycles. The van der Waals surface area contributed by atoms with Crippen molar-refractivity contribution in [1.29, 1.82) is 0 Å². The van der Waals surface area contributed by atoms with Gasteiger partial charge in [-0.15, -0.1) is 0 Å². The molecule has 2 aromatic rings. The lowest BCUT2D eigenvalue weighted by molar-refractivity contribution is -0.385. The van der Waals surface area contributed by atoms with Crippen LogP contribution in [0.5, 0.6) is 17.2 Å². The lowest BCUT2D eigenvalue weighted by Gasteiger charge is -2.12. The molecule has 0 heterocycles. The summed E-state index contributed by atoms with van der Waals surface area (Å²) >= 11 is 0. The quantitative estimate of drug-likeness (QED) is 0.306. The van der Waals surface area contributed by atoms with Crippen LogP contribution >= 0.6 is 0 Å². The van der Waals surface area contributed by atoms with Crippen molar-refractivity contribution < 1.29 is 32.3 Å². The van der Waals surface area contributed by atoms with Crippen molar-refractivity contribution in [2.45, 2.75) is 4.90 Å². The number of carbonyl (C=O) groups excluding carboxylic acids is 1. The lowest BCUT2D eigenvalue weighted by atomic mass is 10.3. The van der Waals surface area contributed by atoms with E-state index in [1.54, 1.807) is 0 Å². The fourth-order valence-electron chi connectivity index (χ4n) is 2.38. The third kappa shape index (κ3) is 6.55. The summed E-state index contributed by atoms with van der Waals surface area (Å²) in [4.78, 5) is 22.3. The number of nitro groups is 1. The van der Waals surface area contributed by atoms with Crippen molar-refractivity contribution in [3.63, 3.8) is 0 Å². The largest absolute Gasteiger partial charge is 0.492 e. The van der Waals surface area contributed by atoms with Crippen LogP contribution in [0, 0.1) is 10.1 Å². The molecule has 1 N–H and O–H groups in total. The summed E-state index contributed by atoms with van der Waals surface area (Å²) in [6.45, 7) is 0.0679. The molecule has 0 unspecified atom stereocenters. The van der Waals surface area contributed by atoms with Crippen LogP contribution < -0.4 is 19.5 Å². The summed E-state index contributed by atoms with van der Waals surface area (Å²) in [5.41, 5.74) is -0.205. The summed E-state index contributed by atoms with van der Waals surface area (Å²) in [7, 11) is 0.692. The van der Waals surface area contributed by atoms with Gasteiger partial charge in [-0.3, -0.25) is 14.9 Å². The van der Waals surface area contributed by atoms with Crippen molar-refractivity contribution in [3.8, 4) is 17.2 Å². The third-order valence-electron chi connectivity index (χ3n) is 4.01. The van der Waals surface area contributed by atoms with E-state index in [4.69, 9.17) is 14.2 Å². The molecule has 0 atom stereocenters. The number of carbonyl (C=O) groups is 1. The van der Waals surface area contributed by atoms with Crippen LogP contribution in [0.15, 0.2) is 47.4 Å². The van der Waals surface area contributed by atoms with Crippen molar-refractivity contribution in [2.75, 3.05) is 41.0 Å². The van der Waals surface area contributed by atoms with Crippen LogP contribution in [0.3, 0.4) is 0 Å². The minimum atomic E-state index is -3.50. The summed E-state index contributed by atoms with van der Waals surface area (Å²) < 4.78 is 40.9. The zero-order valence-corrected chi connectivity index (χ0v) is 18.0. The molecule has 168 valence electrons. The van der Waals surface area contributed by atoms with Crippen LogP contribution in [-0.2, 0) is 14.8 Å². The van der Waals surface area contributed by atoms with Gasteiger partial charge in [0, 0.05) is 26.2 Å². The summed E-state index contributed by atoms with van der Waals surface area (Å²) in [6.07, 6.45) is 0. The first-order valence-electron chi connectivity index (χ1n) is 9.02. The Kier molecular flexibility index (Phi) is 8.16. The molecular weight excluding hydrogens is 430 g/mol. The SMILES string of the molecule is COc1cc(OCC(=O)NCCOc2ccc(S(=O)(=O)N(C)C)cc2)ccc1[N+](=O)[O-]. The van der Waals surface area contributed by atoms with Crippen molar-refractivity contribution >= 4 is 21.6 Å². The minimum absolute atomic E-state index is 0.0284. The van der Waals surface area contributed by atoms with Gasteiger partial charge in [-0.05, 0) is 30.3 Å². The predicted molar refractivity (Wildman–Crippen MR) is 111 cm³/mol. The number of hydrogen-bond acceptors (Lipinski definition) is 8. The maximum absolute atomic E-state index is 12.0. The van der Waals surface area contributed by atoms with Crippen molar-refractivity contribution in [1.82, 2.24) is 9.62 Å². The Morgan fingerprint density at radius 3 is 2.32 bits per heavy atom. The molecule has 0 fully saturated rings. The highest BCUT2D eigenvalue weighted by molar-refractivity contribution is 7.89. The number of benzene rings is 2. The molecule has 1 amide bonds. The van der Waals surface area contributed by atoms with Gasteiger partial charge >= 0.3 is 5.69 Å². The van der Waals surface area contributed by atoms with Crippen LogP contribution in [0.2, 0.25) is 0 Å². The number of ether oxygens (including phenoxy) is 3. The van der Waals surface area contributed by atoms with E-state index in [1.165, 1.54) is 63.7 Å². The molecule has 0 bridgehead atoms. The minimum Gasteiger partial charge on any atom is -0.492 e. The van der Waals surface area contributed by atoms with E-state index >= 15 is 0 Å². The average molecular weight is 453 g/mol. The molecule has 11 nitrogen and oxygen atoms in total. The molecule has 0 radical (unpaired) electrons. The first-order chi connectivity index (χ1) is 14.6. The van der Waals surface area contributed by atoms with E-state index in [2.05, 4.69) is 5.32 Å². The number of nitrogens with zero attached hydrogens (tertiary/aromatic N) is 2. The Bertz CT molecular complexity index is 1020. The Morgan fingerprint density at radius 2 is 1.74 bits per heavy atom. The van der Waals surface area contributed by atoms with Gasteiger partial charge in [-0.25, -0.2) is 12.7 Å². The van der Waals surface area contributed by atoms with Crippen LogP contribution in [0.25, 0.3) is 0 Å². The fourth-order valence-corrected chi connectivity index (χ4v) is 3.28. The number of hydrogen-bond donors (Lipinski definition) is 1. The van der Waals surface area contributed by atoms with Gasteiger partial charge in [0.15, 0.2) is 6.61 Å². The monoisotopic (exact) mass is 453 g/mol. The Balaban J connectivity index is 1.76. The Morgan fingerprint density at radius 1 is 1.10 bits per heavy atom. The molecule has 0 aliphatic heterocycles. The number of nitro benzene ring substituents is 1. The second-order valence-electron chi connectivity index (χ2n) is 6.34. The van der Waals surface area contributed by atoms with Gasteiger partial charge in [-0.1, -0.05) is 0 Å². The smallest absolute Gasteiger partial charge is 0.311 e. The van der Waals surface area contributed by atoms with Gasteiger partial charge in [0.1, 0.15) is 18.1 Å². The summed E-state index contributed by atoms with van der Waals surface area (Å²) in [5.74, 6) is 0.330. The highest BCUT2D eigenvalue weighted by atomic mass is 32.2. The predicted octanol–water partition coefficient (Wildman–Crippen LogP) is 1.43. The van der Waals surface area contributed by atoms with Gasteiger partial charge < -0.3 is 19.5 Å². The zero-order chi connectivity index (χ0) is 23.0. The highest BCUT2D eigenvalue weighted by Crippen LogP contribution is 2.30. The van der Waals surface area contributed by atoms with Gasteiger partial charge in [0.05, 0.1) is 23.5 Å². The molecule has 12 heteroatoms. The average Bonchev–Trinajstić information content (AvgIpc) is 2.75. The standard InChI is InChI=1S/C19H23N3O8S/c1-21(2)31(26,27)16-7-4-14(5-8-16)29-11-10-20-19(23)13-30-15-6-9-17(22(24)25)18(12-15)28-3/h4-9,12H,10-11,13H2,1-3H3,(H,20,23). The van der Waals surface area contributed by atoms with Crippen LogP contribution in [-0.4, -0.2) is 64.5 Å². The summed E-state index contributed by atoms with van der Waals surface area (Å²) in [5, 5.41) is 13.5. The molecule has 0 spiro atoms. The molecular formula is C19H23N3O8S. The molecule has 0 saturated heterocycles. The van der Waals surface area contributed by atoms with Gasteiger partial charge in [-0.2, -0.15) is 0 Å². The highest BCUT2D eigenvalue weighted by Gasteiger charge is 2.17. The van der Waals surface area contributed by atoms with E-state index < -0.39 is 20.9 Å². The Hall–Kier alpha value is -3.38. The topological polar surface area (TPSA) is 137 Å². The van der Waals surface area contributed by atoms with Crippen LogP contribution in [0.4, 0.5) is 5.69 Å². The van der Waals surface area contributed by atoms with E-state index in [0.717, 1.165) is 4.31 Å². The molecule has 0 aliphatic rings. The zero-order valence-electron chi connectivity index (χ0n) is 17.2. The fraction of sp³-hybridized carbons (Fsp3) is 0.316. The van der Waals surface area contributed by atoms with Gasteiger partial charge in [0.25, 0.3) is 5.91 Å². The number of sulfonamides is 1. The van der Waals surface area contributed by atoms with E-state index in [9.17, 15) is 23.3 Å². The maximum atomic E-state index is 12.0. The number of methoxy groups -OCH3 is 1. The van der Waals surface area contributed by atoms with E-state index in [0.29, 0.717) is 5.75 Å². The van der Waals surface area contributed by atoms with Crippen LogP contribution in [0.1, 0.15) is 0 Å². The van der Waals surface area contributed by atoms with Crippen molar-refractivity contribution in [2.24, 2.45) is 0 Å². The number of nitrogens with one attached hydrogen (secondary N) is 1. The second-order valence-corrected chi connectivity index (χ2v) is 8.49. The van der Waals surface area contributed by atoms with Crippen molar-refractivity contribution in [3.05, 3.63) is 52.6 Å². The number of rotatable bonds is 11. The third-order valence-corrected chi connectivity index (χ3v) is 5.84. The normalized spacial score (nSPS) is 11.1. The lowest BCUT2D eigenvalue weighted by Crippen LogP contribution is -2.32. The molecule has 0 saturated carbocycles. The Labute approximate surface area is 179 Å².